The van der Waals surface area contributed by atoms with Gasteiger partial charge < -0.3 is 13.9 Å². The maximum absolute atomic E-state index is 13.0. The van der Waals surface area contributed by atoms with Gasteiger partial charge >= 0.3 is 0 Å². The van der Waals surface area contributed by atoms with Gasteiger partial charge in [-0.2, -0.15) is 5.10 Å². The van der Waals surface area contributed by atoms with Crippen LogP contribution in [0.15, 0.2) is 53.6 Å². The lowest BCUT2D eigenvalue weighted by molar-refractivity contribution is 0.0775. The third kappa shape index (κ3) is 2.60. The summed E-state index contributed by atoms with van der Waals surface area (Å²) in [6.45, 7) is 3.96. The molecule has 0 spiro atoms. The molecule has 8 nitrogen and oxygen atoms in total. The molecule has 0 radical (unpaired) electrons. The third-order valence-electron chi connectivity index (χ3n) is 5.28. The highest BCUT2D eigenvalue weighted by molar-refractivity contribution is 5.92. The number of hydrogen-bond acceptors (Lipinski definition) is 5. The van der Waals surface area contributed by atoms with Gasteiger partial charge in [0, 0.05) is 32.0 Å². The average molecular weight is 376 g/mol. The van der Waals surface area contributed by atoms with Crippen molar-refractivity contribution in [2.45, 2.75) is 25.9 Å². The summed E-state index contributed by atoms with van der Waals surface area (Å²) in [4.78, 5) is 24.2. The minimum absolute atomic E-state index is 0.0177. The summed E-state index contributed by atoms with van der Waals surface area (Å²) in [7, 11) is 0. The van der Waals surface area contributed by atoms with E-state index in [9.17, 15) is 4.79 Å². The SMILES string of the molecule is CCn1nccc1C(=O)N1CC[C@H](n2c(-c3ccoc3)nc3cccnc32)C1. The largest absolute Gasteiger partial charge is 0.472 e. The molecule has 0 unspecified atom stereocenters. The third-order valence-corrected chi connectivity index (χ3v) is 5.28. The second-order valence-electron chi connectivity index (χ2n) is 6.89. The number of fused-ring (bicyclic) bond motifs is 1. The van der Waals surface area contributed by atoms with Gasteiger partial charge in [0.05, 0.1) is 17.9 Å². The number of pyridine rings is 1. The minimum atomic E-state index is 0.0177. The van der Waals surface area contributed by atoms with Crippen molar-refractivity contribution in [3.8, 4) is 11.4 Å². The Bertz CT molecular complexity index is 1130. The van der Waals surface area contributed by atoms with Gasteiger partial charge in [-0.15, -0.1) is 0 Å². The van der Waals surface area contributed by atoms with Gasteiger partial charge in [-0.3, -0.25) is 9.48 Å². The van der Waals surface area contributed by atoms with Gasteiger partial charge in [-0.1, -0.05) is 0 Å². The van der Waals surface area contributed by atoms with E-state index >= 15 is 0 Å². The van der Waals surface area contributed by atoms with Crippen LogP contribution in [-0.4, -0.2) is 48.2 Å². The van der Waals surface area contributed by atoms with Crippen molar-refractivity contribution in [2.75, 3.05) is 13.1 Å². The molecule has 1 aliphatic heterocycles. The smallest absolute Gasteiger partial charge is 0.272 e. The van der Waals surface area contributed by atoms with Gasteiger partial charge in [0.1, 0.15) is 23.3 Å². The van der Waals surface area contributed by atoms with Crippen LogP contribution in [0.1, 0.15) is 29.9 Å². The molecule has 0 saturated carbocycles. The molecule has 0 N–H and O–H groups in total. The molecule has 8 heteroatoms. The molecule has 4 aromatic heterocycles. The number of nitrogens with zero attached hydrogens (tertiary/aromatic N) is 6. The number of likely N-dealkylation sites (tertiary alicyclic amines) is 1. The van der Waals surface area contributed by atoms with Crippen molar-refractivity contribution >= 4 is 17.1 Å². The summed E-state index contributed by atoms with van der Waals surface area (Å²) in [5.41, 5.74) is 3.21. The van der Waals surface area contributed by atoms with Crippen LogP contribution in [0.4, 0.5) is 0 Å². The summed E-state index contributed by atoms with van der Waals surface area (Å²) >= 11 is 0. The molecule has 0 bridgehead atoms. The van der Waals surface area contributed by atoms with Gasteiger partial charge in [-0.05, 0) is 37.6 Å². The normalized spacial score (nSPS) is 16.9. The fraction of sp³-hybridized carbons (Fsp3) is 0.300. The van der Waals surface area contributed by atoms with E-state index in [0.717, 1.165) is 29.0 Å². The lowest BCUT2D eigenvalue weighted by atomic mass is 10.2. The zero-order valence-electron chi connectivity index (χ0n) is 15.5. The second-order valence-corrected chi connectivity index (χ2v) is 6.89. The maximum Gasteiger partial charge on any atom is 0.272 e. The maximum atomic E-state index is 13.0. The van der Waals surface area contributed by atoms with E-state index in [1.165, 1.54) is 0 Å². The summed E-state index contributed by atoms with van der Waals surface area (Å²) < 4.78 is 9.15. The molecule has 28 heavy (non-hydrogen) atoms. The Morgan fingerprint density at radius 3 is 3.04 bits per heavy atom. The first-order valence-corrected chi connectivity index (χ1v) is 9.43. The number of imidazole rings is 1. The molecule has 0 aromatic carbocycles. The Morgan fingerprint density at radius 1 is 1.29 bits per heavy atom. The number of carbonyl (C=O) groups excluding carboxylic acids is 1. The molecule has 1 aliphatic rings. The van der Waals surface area contributed by atoms with E-state index in [1.54, 1.807) is 35.7 Å². The molecule has 142 valence electrons. The Kier molecular flexibility index (Phi) is 3.96. The van der Waals surface area contributed by atoms with E-state index < -0.39 is 0 Å². The second kappa shape index (κ2) is 6.63. The highest BCUT2D eigenvalue weighted by Crippen LogP contribution is 2.32. The van der Waals surface area contributed by atoms with Crippen LogP contribution in [0.3, 0.4) is 0 Å². The van der Waals surface area contributed by atoms with Crippen molar-refractivity contribution in [2.24, 2.45) is 0 Å². The van der Waals surface area contributed by atoms with Crippen molar-refractivity contribution in [3.63, 3.8) is 0 Å². The van der Waals surface area contributed by atoms with Crippen LogP contribution < -0.4 is 0 Å². The van der Waals surface area contributed by atoms with Crippen LogP contribution >= 0.6 is 0 Å². The van der Waals surface area contributed by atoms with E-state index in [0.29, 0.717) is 25.3 Å². The zero-order chi connectivity index (χ0) is 19.1. The van der Waals surface area contributed by atoms with Gasteiger partial charge in [0.15, 0.2) is 5.65 Å². The summed E-state index contributed by atoms with van der Waals surface area (Å²) in [6, 6.07) is 7.63. The predicted molar refractivity (Wildman–Crippen MR) is 103 cm³/mol. The van der Waals surface area contributed by atoms with E-state index in [4.69, 9.17) is 9.40 Å². The molecule has 1 atom stereocenters. The topological polar surface area (TPSA) is 82.0 Å². The number of hydrogen-bond donors (Lipinski definition) is 0. The van der Waals surface area contributed by atoms with E-state index in [2.05, 4.69) is 14.6 Å². The van der Waals surface area contributed by atoms with Crippen molar-refractivity contribution in [1.82, 2.24) is 29.2 Å². The molecule has 1 fully saturated rings. The Balaban J connectivity index is 1.50. The molecule has 5 heterocycles. The Labute approximate surface area is 161 Å². The number of furan rings is 1. The molecule has 0 aliphatic carbocycles. The Morgan fingerprint density at radius 2 is 2.21 bits per heavy atom. The van der Waals surface area contributed by atoms with Gasteiger partial charge in [-0.25, -0.2) is 9.97 Å². The van der Waals surface area contributed by atoms with Crippen molar-refractivity contribution < 1.29 is 9.21 Å². The van der Waals surface area contributed by atoms with Crippen LogP contribution in [-0.2, 0) is 6.54 Å². The quantitative estimate of drug-likeness (QED) is 0.547. The Hall–Kier alpha value is -3.42. The lowest BCUT2D eigenvalue weighted by Gasteiger charge is -2.19. The number of rotatable bonds is 4. The van der Waals surface area contributed by atoms with Crippen LogP contribution in [0, 0.1) is 0 Å². The van der Waals surface area contributed by atoms with Crippen LogP contribution in [0.25, 0.3) is 22.6 Å². The van der Waals surface area contributed by atoms with E-state index in [1.807, 2.05) is 30.0 Å². The lowest BCUT2D eigenvalue weighted by Crippen LogP contribution is -2.31. The molecule has 4 aromatic rings. The highest BCUT2D eigenvalue weighted by Gasteiger charge is 2.32. The standard InChI is InChI=1S/C20H20N6O2/c1-2-25-17(5-9-22-25)20(27)24-10-6-15(12-24)26-18(14-7-11-28-13-14)23-16-4-3-8-21-19(16)26/h3-5,7-9,11,13,15H,2,6,10,12H2,1H3/t15-/m0/s1. The summed E-state index contributed by atoms with van der Waals surface area (Å²) in [5.74, 6) is 0.837. The molecule has 5 rings (SSSR count). The molecular weight excluding hydrogens is 356 g/mol. The first kappa shape index (κ1) is 16.7. The first-order valence-electron chi connectivity index (χ1n) is 9.43. The monoisotopic (exact) mass is 376 g/mol. The van der Waals surface area contributed by atoms with Gasteiger partial charge in [0.2, 0.25) is 0 Å². The molecule has 1 amide bonds. The van der Waals surface area contributed by atoms with E-state index in [-0.39, 0.29) is 11.9 Å². The first-order chi connectivity index (χ1) is 13.8. The zero-order valence-corrected chi connectivity index (χ0v) is 15.5. The number of amides is 1. The fourth-order valence-corrected chi connectivity index (χ4v) is 3.94. The predicted octanol–water partition coefficient (Wildman–Crippen LogP) is 2.99. The average Bonchev–Trinajstić information content (AvgIpc) is 3.52. The van der Waals surface area contributed by atoms with Gasteiger partial charge in [0.25, 0.3) is 5.91 Å². The van der Waals surface area contributed by atoms with Crippen LogP contribution in [0.2, 0.25) is 0 Å². The van der Waals surface area contributed by atoms with Crippen LogP contribution in [0.5, 0.6) is 0 Å². The minimum Gasteiger partial charge on any atom is -0.472 e. The molecular formula is C20H20N6O2. The van der Waals surface area contributed by atoms with Crippen molar-refractivity contribution in [3.05, 3.63) is 54.9 Å². The van der Waals surface area contributed by atoms with Crippen molar-refractivity contribution in [1.29, 1.82) is 0 Å². The molecule has 1 saturated heterocycles. The number of aryl methyl sites for hydroxylation is 1. The number of aromatic nitrogens is 5. The highest BCUT2D eigenvalue weighted by atomic mass is 16.3. The summed E-state index contributed by atoms with van der Waals surface area (Å²) in [6.07, 6.45) is 7.63. The summed E-state index contributed by atoms with van der Waals surface area (Å²) in [5, 5.41) is 4.22. The number of carbonyl (C=O) groups is 1. The fourth-order valence-electron chi connectivity index (χ4n) is 3.94.